The highest BCUT2D eigenvalue weighted by Crippen LogP contribution is 2.43. The van der Waals surface area contributed by atoms with Gasteiger partial charge in [0.05, 0.1) is 28.8 Å². The van der Waals surface area contributed by atoms with E-state index in [0.29, 0.717) is 23.6 Å². The molecule has 1 N–H and O–H groups in total. The summed E-state index contributed by atoms with van der Waals surface area (Å²) in [5.74, 6) is -3.19. The van der Waals surface area contributed by atoms with Gasteiger partial charge in [-0.15, -0.1) is 0 Å². The van der Waals surface area contributed by atoms with E-state index in [-0.39, 0.29) is 12.0 Å². The minimum Gasteiger partial charge on any atom is -0.550 e. The van der Waals surface area contributed by atoms with Crippen molar-refractivity contribution in [2.75, 3.05) is 5.32 Å². The average Bonchev–Trinajstić information content (AvgIpc) is 3.01. The molecule has 1 aromatic rings. The predicted octanol–water partition coefficient (Wildman–Crippen LogP) is 0.822. The number of fused-ring (bicyclic) bond motifs is 2. The van der Waals surface area contributed by atoms with Gasteiger partial charge >= 0.3 is 0 Å². The maximum Gasteiger partial charge on any atom is 0.230 e. The molecule has 5 nitrogen and oxygen atoms in total. The van der Waals surface area contributed by atoms with Gasteiger partial charge in [-0.2, -0.15) is 0 Å². The van der Waals surface area contributed by atoms with E-state index in [1.807, 2.05) is 0 Å². The number of para-hydroxylation sites is 1. The normalized spacial score (nSPS) is 31.2. The van der Waals surface area contributed by atoms with Gasteiger partial charge in [0.15, 0.2) is 0 Å². The monoisotopic (exact) mass is 294 g/mol. The van der Waals surface area contributed by atoms with Crippen LogP contribution in [-0.2, 0) is 14.3 Å². The molecule has 2 heterocycles. The lowest BCUT2D eigenvalue weighted by Crippen LogP contribution is -2.46. The Morgan fingerprint density at radius 3 is 2.50 bits per heavy atom. The number of hydrogen-bond acceptors (Lipinski definition) is 4. The van der Waals surface area contributed by atoms with Crippen LogP contribution in [0.5, 0.6) is 0 Å². The Morgan fingerprint density at radius 2 is 1.85 bits per heavy atom. The van der Waals surface area contributed by atoms with Gasteiger partial charge in [0.1, 0.15) is 0 Å². The molecule has 0 unspecified atom stereocenters. The van der Waals surface area contributed by atoms with Crippen molar-refractivity contribution in [3.8, 4) is 0 Å². The number of carbonyl (C=O) groups is 2. The molecule has 106 valence electrons. The number of ether oxygens (including phenoxy) is 1. The van der Waals surface area contributed by atoms with Crippen LogP contribution in [0.25, 0.3) is 0 Å². The maximum absolute atomic E-state index is 12.3. The summed E-state index contributed by atoms with van der Waals surface area (Å²) >= 11 is 5.98. The number of nitrogens with one attached hydrogen (secondary N) is 1. The number of anilines is 1. The number of carbonyl (C=O) groups excluding carboxylic acids is 2. The van der Waals surface area contributed by atoms with Crippen LogP contribution >= 0.6 is 11.6 Å². The Labute approximate surface area is 120 Å². The Bertz CT molecular complexity index is 562. The molecule has 2 fully saturated rings. The average molecular weight is 295 g/mol. The molecule has 6 heteroatoms. The number of amides is 1. The second kappa shape index (κ2) is 5.07. The minimum atomic E-state index is -1.23. The van der Waals surface area contributed by atoms with E-state index in [1.54, 1.807) is 24.3 Å². The van der Waals surface area contributed by atoms with E-state index >= 15 is 0 Å². The molecule has 1 amide bonds. The molecule has 2 aliphatic heterocycles. The fourth-order valence-corrected chi connectivity index (χ4v) is 3.27. The van der Waals surface area contributed by atoms with Crippen LogP contribution in [0, 0.1) is 11.8 Å². The topological polar surface area (TPSA) is 78.5 Å². The molecule has 2 aliphatic rings. The molecule has 0 saturated carbocycles. The van der Waals surface area contributed by atoms with Gasteiger partial charge in [-0.25, -0.2) is 0 Å². The van der Waals surface area contributed by atoms with Gasteiger partial charge in [0, 0.05) is 11.9 Å². The highest BCUT2D eigenvalue weighted by Gasteiger charge is 2.52. The predicted molar refractivity (Wildman–Crippen MR) is 70.0 cm³/mol. The van der Waals surface area contributed by atoms with Gasteiger partial charge < -0.3 is 20.0 Å². The first-order valence-electron chi connectivity index (χ1n) is 6.49. The zero-order valence-corrected chi connectivity index (χ0v) is 11.3. The molecule has 0 aliphatic carbocycles. The zero-order valence-electron chi connectivity index (χ0n) is 10.5. The van der Waals surface area contributed by atoms with Gasteiger partial charge in [-0.05, 0) is 25.0 Å². The van der Waals surface area contributed by atoms with Crippen LogP contribution in [0.4, 0.5) is 5.69 Å². The summed E-state index contributed by atoms with van der Waals surface area (Å²) in [4.78, 5) is 23.6. The van der Waals surface area contributed by atoms with E-state index in [9.17, 15) is 14.7 Å². The van der Waals surface area contributed by atoms with Crippen LogP contribution in [0.2, 0.25) is 5.02 Å². The lowest BCUT2D eigenvalue weighted by atomic mass is 9.78. The summed E-state index contributed by atoms with van der Waals surface area (Å²) in [5.41, 5.74) is 0.471. The Kier molecular flexibility index (Phi) is 3.40. The molecule has 2 saturated heterocycles. The molecule has 0 radical (unpaired) electrons. The van der Waals surface area contributed by atoms with Crippen LogP contribution in [0.1, 0.15) is 12.8 Å². The Hall–Kier alpha value is -1.59. The van der Waals surface area contributed by atoms with Crippen LogP contribution in [0.15, 0.2) is 24.3 Å². The third kappa shape index (κ3) is 2.17. The summed E-state index contributed by atoms with van der Waals surface area (Å²) in [6.07, 6.45) is 0.617. The van der Waals surface area contributed by atoms with Crippen LogP contribution in [-0.4, -0.2) is 24.1 Å². The molecule has 1 aromatic carbocycles. The van der Waals surface area contributed by atoms with Crippen molar-refractivity contribution in [3.05, 3.63) is 29.3 Å². The number of carboxylic acid groups (broad SMARTS) is 1. The van der Waals surface area contributed by atoms with Crippen molar-refractivity contribution in [3.63, 3.8) is 0 Å². The van der Waals surface area contributed by atoms with Gasteiger partial charge in [0.25, 0.3) is 0 Å². The van der Waals surface area contributed by atoms with E-state index < -0.39 is 23.9 Å². The summed E-state index contributed by atoms with van der Waals surface area (Å²) in [7, 11) is 0. The Balaban J connectivity index is 1.80. The molecule has 0 aromatic heterocycles. The Morgan fingerprint density at radius 1 is 1.20 bits per heavy atom. The standard InChI is InChI=1S/C14H14ClNO4/c15-7-3-1-2-4-8(7)16-13(17)11-9-5-6-10(20-9)12(11)14(18)19/h1-4,9-12H,5-6H2,(H,16,17)(H,18,19)/p-1/t9-,10+,11+,12-/m1/s1. The van der Waals surface area contributed by atoms with Crippen molar-refractivity contribution in [2.24, 2.45) is 11.8 Å². The van der Waals surface area contributed by atoms with E-state index in [0.717, 1.165) is 0 Å². The highest BCUT2D eigenvalue weighted by atomic mass is 35.5. The SMILES string of the molecule is O=C(Nc1ccccc1Cl)[C@@H]1[C@H](C(=O)[O-])[C@@H]2CC[C@H]1O2. The van der Waals surface area contributed by atoms with Crippen molar-refractivity contribution in [2.45, 2.75) is 25.0 Å². The van der Waals surface area contributed by atoms with Gasteiger partial charge in [-0.3, -0.25) is 4.79 Å². The van der Waals surface area contributed by atoms with E-state index in [2.05, 4.69) is 5.32 Å². The van der Waals surface area contributed by atoms with Crippen LogP contribution in [0.3, 0.4) is 0 Å². The lowest BCUT2D eigenvalue weighted by molar-refractivity contribution is -0.313. The summed E-state index contributed by atoms with van der Waals surface area (Å²) in [5, 5.41) is 14.3. The molecule has 20 heavy (non-hydrogen) atoms. The number of carboxylic acids is 1. The highest BCUT2D eigenvalue weighted by molar-refractivity contribution is 6.33. The van der Waals surface area contributed by atoms with Crippen molar-refractivity contribution in [1.29, 1.82) is 0 Å². The second-order valence-corrected chi connectivity index (χ2v) is 5.54. The summed E-state index contributed by atoms with van der Waals surface area (Å²) in [6, 6.07) is 6.82. The number of hydrogen-bond donors (Lipinski definition) is 1. The molecule has 2 bridgehead atoms. The number of aliphatic carboxylic acids is 1. The fraction of sp³-hybridized carbons (Fsp3) is 0.429. The number of benzene rings is 1. The first-order valence-corrected chi connectivity index (χ1v) is 6.87. The maximum atomic E-state index is 12.3. The number of halogens is 1. The molecule has 3 rings (SSSR count). The number of rotatable bonds is 3. The summed E-state index contributed by atoms with van der Waals surface area (Å²) < 4.78 is 5.53. The van der Waals surface area contributed by atoms with Crippen molar-refractivity contribution < 1.29 is 19.4 Å². The van der Waals surface area contributed by atoms with E-state index in [4.69, 9.17) is 16.3 Å². The third-order valence-electron chi connectivity index (χ3n) is 3.98. The zero-order chi connectivity index (χ0) is 14.3. The fourth-order valence-electron chi connectivity index (χ4n) is 3.09. The smallest absolute Gasteiger partial charge is 0.230 e. The molecular weight excluding hydrogens is 282 g/mol. The van der Waals surface area contributed by atoms with Gasteiger partial charge in [0.2, 0.25) is 5.91 Å². The second-order valence-electron chi connectivity index (χ2n) is 5.13. The third-order valence-corrected chi connectivity index (χ3v) is 4.31. The van der Waals surface area contributed by atoms with Gasteiger partial charge in [-0.1, -0.05) is 23.7 Å². The quantitative estimate of drug-likeness (QED) is 0.895. The lowest BCUT2D eigenvalue weighted by Gasteiger charge is -2.27. The largest absolute Gasteiger partial charge is 0.550 e. The first kappa shape index (κ1) is 13.4. The molecule has 0 spiro atoms. The van der Waals surface area contributed by atoms with E-state index in [1.165, 1.54) is 0 Å². The first-order chi connectivity index (χ1) is 9.58. The van der Waals surface area contributed by atoms with Crippen molar-refractivity contribution in [1.82, 2.24) is 0 Å². The molecular formula is C14H13ClNO4-. The minimum absolute atomic E-state index is 0.342. The van der Waals surface area contributed by atoms with Crippen LogP contribution < -0.4 is 10.4 Å². The molecule has 4 atom stereocenters. The summed E-state index contributed by atoms with van der Waals surface area (Å²) in [6.45, 7) is 0. The van der Waals surface area contributed by atoms with Crippen molar-refractivity contribution >= 4 is 29.2 Å².